The van der Waals surface area contributed by atoms with Crippen molar-refractivity contribution in [1.82, 2.24) is 10.2 Å². The highest BCUT2D eigenvalue weighted by Gasteiger charge is 2.14. The Labute approximate surface area is 99.3 Å². The Morgan fingerprint density at radius 1 is 1.00 bits per heavy atom. The summed E-state index contributed by atoms with van der Waals surface area (Å²) in [6.07, 6.45) is 2.36. The molecule has 0 aromatic carbocycles. The van der Waals surface area contributed by atoms with Crippen molar-refractivity contribution in [2.75, 3.05) is 59.2 Å². The van der Waals surface area contributed by atoms with E-state index in [4.69, 9.17) is 9.47 Å². The van der Waals surface area contributed by atoms with Crippen LogP contribution in [0.15, 0.2) is 0 Å². The van der Waals surface area contributed by atoms with Crippen molar-refractivity contribution < 1.29 is 9.47 Å². The second kappa shape index (κ2) is 10.0. The largest absolute Gasteiger partial charge is 0.379 e. The van der Waals surface area contributed by atoms with Gasteiger partial charge in [0.1, 0.15) is 0 Å². The van der Waals surface area contributed by atoms with Gasteiger partial charge in [0.15, 0.2) is 0 Å². The van der Waals surface area contributed by atoms with Gasteiger partial charge in [0.2, 0.25) is 0 Å². The fourth-order valence-electron chi connectivity index (χ4n) is 1.51. The van der Waals surface area contributed by atoms with Gasteiger partial charge in [0.25, 0.3) is 0 Å². The number of nitrogens with zero attached hydrogens (tertiary/aromatic N) is 1. The van der Waals surface area contributed by atoms with E-state index in [2.05, 4.69) is 10.2 Å². The highest BCUT2D eigenvalue weighted by Crippen LogP contribution is 2.02. The van der Waals surface area contributed by atoms with E-state index in [1.807, 2.05) is 6.92 Å². The first-order chi connectivity index (χ1) is 7.93. The average Bonchev–Trinajstić information content (AvgIpc) is 3.10. The minimum Gasteiger partial charge on any atom is -0.379 e. The number of ether oxygens (including phenoxy) is 2. The fraction of sp³-hybridized carbons (Fsp3) is 1.00. The van der Waals surface area contributed by atoms with Gasteiger partial charge >= 0.3 is 0 Å². The van der Waals surface area contributed by atoms with Gasteiger partial charge in [-0.05, 0) is 39.4 Å². The Morgan fingerprint density at radius 2 is 1.75 bits per heavy atom. The molecule has 1 fully saturated rings. The number of rotatable bonds is 12. The lowest BCUT2D eigenvalue weighted by atomic mass is 10.4. The van der Waals surface area contributed by atoms with E-state index in [0.717, 1.165) is 45.9 Å². The normalized spacial score (nSPS) is 15.6. The minimum atomic E-state index is 0.722. The zero-order chi connectivity index (χ0) is 11.5. The van der Waals surface area contributed by atoms with Gasteiger partial charge in [0, 0.05) is 26.3 Å². The summed E-state index contributed by atoms with van der Waals surface area (Å²) in [6, 6.07) is 0. The molecule has 1 aliphatic heterocycles. The predicted molar refractivity (Wildman–Crippen MR) is 65.9 cm³/mol. The first-order valence-electron chi connectivity index (χ1n) is 6.52. The van der Waals surface area contributed by atoms with Crippen LogP contribution in [-0.4, -0.2) is 64.1 Å². The molecule has 1 N–H and O–H groups in total. The summed E-state index contributed by atoms with van der Waals surface area (Å²) in [4.78, 5) is 2.46. The zero-order valence-electron chi connectivity index (χ0n) is 10.5. The molecule has 1 aliphatic rings. The van der Waals surface area contributed by atoms with Crippen molar-refractivity contribution in [2.24, 2.45) is 0 Å². The smallest absolute Gasteiger partial charge is 0.0700 e. The van der Waals surface area contributed by atoms with Crippen LogP contribution in [0.2, 0.25) is 0 Å². The van der Waals surface area contributed by atoms with Crippen molar-refractivity contribution >= 4 is 0 Å². The second-order valence-electron chi connectivity index (χ2n) is 4.11. The summed E-state index contributed by atoms with van der Waals surface area (Å²) in [6.45, 7) is 11.2. The van der Waals surface area contributed by atoms with Crippen LogP contribution >= 0.6 is 0 Å². The Hall–Kier alpha value is -0.160. The monoisotopic (exact) mass is 230 g/mol. The lowest BCUT2D eigenvalue weighted by Crippen LogP contribution is -2.20. The second-order valence-corrected chi connectivity index (χ2v) is 4.11. The number of nitrogens with one attached hydrogen (secondary N) is 1. The number of hydrogen-bond donors (Lipinski definition) is 1. The first-order valence-corrected chi connectivity index (χ1v) is 6.52. The van der Waals surface area contributed by atoms with Crippen LogP contribution in [0.4, 0.5) is 0 Å². The van der Waals surface area contributed by atoms with Crippen LogP contribution in [0.25, 0.3) is 0 Å². The molecule has 96 valence electrons. The molecular weight excluding hydrogens is 204 g/mol. The van der Waals surface area contributed by atoms with Gasteiger partial charge in [-0.15, -0.1) is 0 Å². The average molecular weight is 230 g/mol. The SMILES string of the molecule is CCOCCOCCCNCCCN1CC1. The van der Waals surface area contributed by atoms with Crippen molar-refractivity contribution in [1.29, 1.82) is 0 Å². The summed E-state index contributed by atoms with van der Waals surface area (Å²) < 4.78 is 10.6. The maximum Gasteiger partial charge on any atom is 0.0700 e. The highest BCUT2D eigenvalue weighted by atomic mass is 16.5. The summed E-state index contributed by atoms with van der Waals surface area (Å²) in [5, 5.41) is 3.43. The molecule has 0 spiro atoms. The van der Waals surface area contributed by atoms with Crippen molar-refractivity contribution in [2.45, 2.75) is 19.8 Å². The van der Waals surface area contributed by atoms with Crippen LogP contribution < -0.4 is 5.32 Å². The lowest BCUT2D eigenvalue weighted by Gasteiger charge is -2.06. The Morgan fingerprint density at radius 3 is 2.50 bits per heavy atom. The van der Waals surface area contributed by atoms with Gasteiger partial charge in [-0.1, -0.05) is 0 Å². The molecule has 1 heterocycles. The summed E-state index contributed by atoms with van der Waals surface area (Å²) in [7, 11) is 0. The maximum atomic E-state index is 5.42. The Bertz CT molecular complexity index is 152. The topological polar surface area (TPSA) is 33.5 Å². The Balaban J connectivity index is 1.61. The molecule has 1 saturated heterocycles. The van der Waals surface area contributed by atoms with Crippen LogP contribution in [0, 0.1) is 0 Å². The third kappa shape index (κ3) is 9.09. The molecule has 16 heavy (non-hydrogen) atoms. The van der Waals surface area contributed by atoms with Gasteiger partial charge in [-0.2, -0.15) is 0 Å². The molecule has 0 aliphatic carbocycles. The van der Waals surface area contributed by atoms with Crippen LogP contribution in [-0.2, 0) is 9.47 Å². The van der Waals surface area contributed by atoms with Crippen LogP contribution in [0.3, 0.4) is 0 Å². The molecule has 0 atom stereocenters. The quantitative estimate of drug-likeness (QED) is 0.396. The van der Waals surface area contributed by atoms with Crippen LogP contribution in [0.1, 0.15) is 19.8 Å². The molecule has 0 unspecified atom stereocenters. The molecule has 0 radical (unpaired) electrons. The third-order valence-electron chi connectivity index (χ3n) is 2.59. The molecule has 0 bridgehead atoms. The van der Waals surface area contributed by atoms with Crippen LogP contribution in [0.5, 0.6) is 0 Å². The van der Waals surface area contributed by atoms with E-state index >= 15 is 0 Å². The molecule has 0 amide bonds. The molecular formula is C12H26N2O2. The summed E-state index contributed by atoms with van der Waals surface area (Å²) in [5.41, 5.74) is 0. The standard InChI is InChI=1S/C12H26N2O2/c1-2-15-11-12-16-10-4-6-13-5-3-7-14-8-9-14/h13H,2-12H2,1H3. The van der Waals surface area contributed by atoms with E-state index < -0.39 is 0 Å². The van der Waals surface area contributed by atoms with Crippen molar-refractivity contribution in [3.8, 4) is 0 Å². The highest BCUT2D eigenvalue weighted by molar-refractivity contribution is 4.71. The van der Waals surface area contributed by atoms with Gasteiger partial charge in [-0.3, -0.25) is 0 Å². The number of hydrogen-bond acceptors (Lipinski definition) is 4. The van der Waals surface area contributed by atoms with Gasteiger partial charge in [0.05, 0.1) is 13.2 Å². The molecule has 0 aromatic rings. The molecule has 0 aromatic heterocycles. The van der Waals surface area contributed by atoms with Crippen molar-refractivity contribution in [3.63, 3.8) is 0 Å². The summed E-state index contributed by atoms with van der Waals surface area (Å²) >= 11 is 0. The van der Waals surface area contributed by atoms with E-state index in [0.29, 0.717) is 0 Å². The molecule has 0 saturated carbocycles. The van der Waals surface area contributed by atoms with E-state index in [1.165, 1.54) is 26.1 Å². The zero-order valence-corrected chi connectivity index (χ0v) is 10.5. The van der Waals surface area contributed by atoms with Gasteiger partial charge in [-0.25, -0.2) is 0 Å². The third-order valence-corrected chi connectivity index (χ3v) is 2.59. The first kappa shape index (κ1) is 13.9. The fourth-order valence-corrected chi connectivity index (χ4v) is 1.51. The predicted octanol–water partition coefficient (Wildman–Crippen LogP) is 0.725. The lowest BCUT2D eigenvalue weighted by molar-refractivity contribution is 0.0520. The minimum absolute atomic E-state index is 0.722. The Kier molecular flexibility index (Phi) is 8.71. The maximum absolute atomic E-state index is 5.42. The van der Waals surface area contributed by atoms with Crippen molar-refractivity contribution in [3.05, 3.63) is 0 Å². The van der Waals surface area contributed by atoms with E-state index in [-0.39, 0.29) is 0 Å². The molecule has 4 nitrogen and oxygen atoms in total. The van der Waals surface area contributed by atoms with E-state index in [1.54, 1.807) is 0 Å². The summed E-state index contributed by atoms with van der Waals surface area (Å²) in [5.74, 6) is 0. The van der Waals surface area contributed by atoms with Gasteiger partial charge < -0.3 is 19.7 Å². The molecule has 4 heteroatoms. The van der Waals surface area contributed by atoms with E-state index in [9.17, 15) is 0 Å². The molecule has 1 rings (SSSR count).